The summed E-state index contributed by atoms with van der Waals surface area (Å²) in [4.78, 5) is 32.3. The van der Waals surface area contributed by atoms with Crippen molar-refractivity contribution in [1.82, 2.24) is 14.8 Å². The Bertz CT molecular complexity index is 715. The molecule has 0 radical (unpaired) electrons. The Hall–Kier alpha value is -2.41. The van der Waals surface area contributed by atoms with Crippen molar-refractivity contribution in [2.45, 2.75) is 13.0 Å². The number of piperazine rings is 1. The Kier molecular flexibility index (Phi) is 4.80. The van der Waals surface area contributed by atoms with Gasteiger partial charge in [-0.15, -0.1) is 11.3 Å². The van der Waals surface area contributed by atoms with E-state index in [4.69, 9.17) is 4.74 Å². The quantitative estimate of drug-likeness (QED) is 0.855. The van der Waals surface area contributed by atoms with Gasteiger partial charge in [-0.2, -0.15) is 0 Å². The lowest BCUT2D eigenvalue weighted by atomic mass is 10.0. The molecule has 6 nitrogen and oxygen atoms in total. The van der Waals surface area contributed by atoms with Crippen molar-refractivity contribution in [3.05, 3.63) is 46.4 Å². The predicted octanol–water partition coefficient (Wildman–Crippen LogP) is 2.20. The third-order valence-corrected chi connectivity index (χ3v) is 4.83. The zero-order chi connectivity index (χ0) is 17.1. The van der Waals surface area contributed by atoms with Gasteiger partial charge in [0, 0.05) is 31.9 Å². The lowest BCUT2D eigenvalue weighted by Crippen LogP contribution is -2.51. The largest absolute Gasteiger partial charge is 0.497 e. The van der Waals surface area contributed by atoms with Crippen LogP contribution in [0.25, 0.3) is 0 Å². The number of rotatable bonds is 3. The Labute approximate surface area is 144 Å². The van der Waals surface area contributed by atoms with E-state index in [1.54, 1.807) is 34.7 Å². The van der Waals surface area contributed by atoms with Gasteiger partial charge in [-0.25, -0.2) is 4.98 Å². The summed E-state index contributed by atoms with van der Waals surface area (Å²) < 4.78 is 5.20. The second kappa shape index (κ2) is 7.00. The van der Waals surface area contributed by atoms with Crippen molar-refractivity contribution < 1.29 is 14.3 Å². The molecule has 1 aliphatic heterocycles. The van der Waals surface area contributed by atoms with Gasteiger partial charge in [-0.1, -0.05) is 12.1 Å². The Morgan fingerprint density at radius 2 is 2.00 bits per heavy atom. The number of carbonyl (C=O) groups is 2. The molecule has 0 aliphatic carbocycles. The highest BCUT2D eigenvalue weighted by Gasteiger charge is 2.33. The van der Waals surface area contributed by atoms with Gasteiger partial charge in [0.25, 0.3) is 5.91 Å². The van der Waals surface area contributed by atoms with Crippen LogP contribution in [0.3, 0.4) is 0 Å². The van der Waals surface area contributed by atoms with Crippen molar-refractivity contribution in [3.8, 4) is 5.75 Å². The van der Waals surface area contributed by atoms with Crippen molar-refractivity contribution in [2.75, 3.05) is 26.7 Å². The number of nitrogens with zero attached hydrogens (tertiary/aromatic N) is 3. The molecular weight excluding hydrogens is 326 g/mol. The maximum absolute atomic E-state index is 12.8. The average molecular weight is 345 g/mol. The van der Waals surface area contributed by atoms with Crippen LogP contribution >= 0.6 is 11.3 Å². The highest BCUT2D eigenvalue weighted by molar-refractivity contribution is 7.07. The number of methoxy groups -OCH3 is 1. The van der Waals surface area contributed by atoms with E-state index in [2.05, 4.69) is 4.98 Å². The van der Waals surface area contributed by atoms with Crippen LogP contribution in [0.2, 0.25) is 0 Å². The van der Waals surface area contributed by atoms with E-state index in [1.807, 2.05) is 24.3 Å². The van der Waals surface area contributed by atoms with E-state index in [9.17, 15) is 9.59 Å². The smallest absolute Gasteiger partial charge is 0.273 e. The normalized spacial score (nSPS) is 17.7. The highest BCUT2D eigenvalue weighted by atomic mass is 32.1. The number of amides is 2. The van der Waals surface area contributed by atoms with Gasteiger partial charge < -0.3 is 14.5 Å². The van der Waals surface area contributed by atoms with E-state index in [0.29, 0.717) is 25.3 Å². The third-order valence-electron chi connectivity index (χ3n) is 4.24. The van der Waals surface area contributed by atoms with Crippen molar-refractivity contribution in [2.24, 2.45) is 0 Å². The number of ether oxygens (including phenoxy) is 1. The first kappa shape index (κ1) is 16.4. The van der Waals surface area contributed by atoms with Gasteiger partial charge in [0.05, 0.1) is 18.7 Å². The molecular formula is C17H19N3O3S. The standard InChI is InChI=1S/C17H19N3O3S/c1-12(21)19-7-8-20(17(22)15-10-24-11-18-15)16(9-19)13-3-5-14(23-2)6-4-13/h3-6,10-11,16H,7-9H2,1-2H3/t16-/m0/s1. The summed E-state index contributed by atoms with van der Waals surface area (Å²) in [6, 6.07) is 7.42. The minimum Gasteiger partial charge on any atom is -0.497 e. The molecule has 2 heterocycles. The number of hydrogen-bond acceptors (Lipinski definition) is 5. The topological polar surface area (TPSA) is 62.7 Å². The molecule has 1 aromatic carbocycles. The third kappa shape index (κ3) is 3.26. The lowest BCUT2D eigenvalue weighted by Gasteiger charge is -2.41. The molecule has 0 bridgehead atoms. The first-order chi connectivity index (χ1) is 11.6. The second-order valence-corrected chi connectivity index (χ2v) is 6.34. The Morgan fingerprint density at radius 1 is 1.25 bits per heavy atom. The fraction of sp³-hybridized carbons (Fsp3) is 0.353. The molecule has 0 N–H and O–H groups in total. The van der Waals surface area contributed by atoms with Crippen molar-refractivity contribution in [3.63, 3.8) is 0 Å². The van der Waals surface area contributed by atoms with Gasteiger partial charge >= 0.3 is 0 Å². The number of benzene rings is 1. The minimum absolute atomic E-state index is 0.0225. The molecule has 2 amide bonds. The average Bonchev–Trinajstić information content (AvgIpc) is 3.15. The van der Waals surface area contributed by atoms with Gasteiger partial charge in [-0.05, 0) is 17.7 Å². The zero-order valence-electron chi connectivity index (χ0n) is 13.6. The van der Waals surface area contributed by atoms with Crippen LogP contribution in [0.4, 0.5) is 0 Å². The van der Waals surface area contributed by atoms with E-state index in [-0.39, 0.29) is 17.9 Å². The number of aromatic nitrogens is 1. The summed E-state index contributed by atoms with van der Waals surface area (Å²) in [5.41, 5.74) is 3.08. The summed E-state index contributed by atoms with van der Waals surface area (Å²) in [6.07, 6.45) is 0. The molecule has 1 fully saturated rings. The van der Waals surface area contributed by atoms with Gasteiger partial charge in [-0.3, -0.25) is 9.59 Å². The highest BCUT2D eigenvalue weighted by Crippen LogP contribution is 2.28. The molecule has 126 valence electrons. The first-order valence-electron chi connectivity index (χ1n) is 7.68. The van der Waals surface area contributed by atoms with Crippen LogP contribution in [0.1, 0.15) is 29.0 Å². The molecule has 2 aromatic rings. The maximum Gasteiger partial charge on any atom is 0.273 e. The number of thiazole rings is 1. The van der Waals surface area contributed by atoms with Crippen LogP contribution in [-0.2, 0) is 4.79 Å². The fourth-order valence-electron chi connectivity index (χ4n) is 2.89. The molecule has 1 aromatic heterocycles. The van der Waals surface area contributed by atoms with Crippen molar-refractivity contribution >= 4 is 23.2 Å². The van der Waals surface area contributed by atoms with E-state index < -0.39 is 0 Å². The summed E-state index contributed by atoms with van der Waals surface area (Å²) in [6.45, 7) is 3.07. The summed E-state index contributed by atoms with van der Waals surface area (Å²) in [5.74, 6) is 0.685. The lowest BCUT2D eigenvalue weighted by molar-refractivity contribution is -0.131. The Balaban J connectivity index is 1.90. The molecule has 0 saturated carbocycles. The molecule has 3 rings (SSSR count). The van der Waals surface area contributed by atoms with Gasteiger partial charge in [0.2, 0.25) is 5.91 Å². The minimum atomic E-state index is -0.192. The van der Waals surface area contributed by atoms with Gasteiger partial charge in [0.1, 0.15) is 11.4 Å². The molecule has 1 saturated heterocycles. The van der Waals surface area contributed by atoms with Crippen LogP contribution < -0.4 is 4.74 Å². The molecule has 0 spiro atoms. The van der Waals surface area contributed by atoms with Crippen LogP contribution in [0, 0.1) is 0 Å². The molecule has 1 aliphatic rings. The van der Waals surface area contributed by atoms with Crippen molar-refractivity contribution in [1.29, 1.82) is 0 Å². The maximum atomic E-state index is 12.8. The van der Waals surface area contributed by atoms with Crippen LogP contribution in [-0.4, -0.2) is 53.3 Å². The fourth-order valence-corrected chi connectivity index (χ4v) is 3.41. The zero-order valence-corrected chi connectivity index (χ0v) is 14.5. The molecule has 24 heavy (non-hydrogen) atoms. The summed E-state index contributed by atoms with van der Waals surface area (Å²) in [7, 11) is 1.62. The van der Waals surface area contributed by atoms with E-state index in [1.165, 1.54) is 11.3 Å². The monoisotopic (exact) mass is 345 g/mol. The molecule has 0 unspecified atom stereocenters. The Morgan fingerprint density at radius 3 is 2.58 bits per heavy atom. The number of carbonyl (C=O) groups excluding carboxylic acids is 2. The van der Waals surface area contributed by atoms with Gasteiger partial charge in [0.15, 0.2) is 0 Å². The van der Waals surface area contributed by atoms with Crippen LogP contribution in [0.5, 0.6) is 5.75 Å². The SMILES string of the molecule is COc1ccc([C@@H]2CN(C(C)=O)CCN2C(=O)c2cscn2)cc1. The summed E-state index contributed by atoms with van der Waals surface area (Å²) >= 11 is 1.40. The number of hydrogen-bond donors (Lipinski definition) is 0. The molecule has 7 heteroatoms. The van der Waals surface area contributed by atoms with E-state index in [0.717, 1.165) is 11.3 Å². The second-order valence-electron chi connectivity index (χ2n) is 5.63. The summed E-state index contributed by atoms with van der Waals surface area (Å²) in [5, 5.41) is 1.75. The predicted molar refractivity (Wildman–Crippen MR) is 91.1 cm³/mol. The molecule has 1 atom stereocenters. The first-order valence-corrected chi connectivity index (χ1v) is 8.63. The van der Waals surface area contributed by atoms with Crippen LogP contribution in [0.15, 0.2) is 35.2 Å². The van der Waals surface area contributed by atoms with E-state index >= 15 is 0 Å².